The van der Waals surface area contributed by atoms with Crippen LogP contribution in [0.3, 0.4) is 0 Å². The highest BCUT2D eigenvalue weighted by atomic mass is 16.2. The number of carbonyl (C=O) groups excluding carboxylic acids is 2. The molecule has 0 bridgehead atoms. The van der Waals surface area contributed by atoms with Gasteiger partial charge in [-0.1, -0.05) is 57.2 Å². The molecule has 3 aromatic rings. The molecule has 0 aliphatic carbocycles. The summed E-state index contributed by atoms with van der Waals surface area (Å²) < 4.78 is 1.83. The number of hydrogen-bond acceptors (Lipinski definition) is 3. The van der Waals surface area contributed by atoms with Crippen LogP contribution in [0.4, 0.5) is 16.3 Å². The minimum absolute atomic E-state index is 0.0622. The fourth-order valence-corrected chi connectivity index (χ4v) is 3.56. The molecule has 1 aromatic heterocycles. The van der Waals surface area contributed by atoms with E-state index in [9.17, 15) is 9.59 Å². The number of fused-ring (bicyclic) bond motifs is 1. The van der Waals surface area contributed by atoms with E-state index < -0.39 is 0 Å². The molecule has 176 valence electrons. The van der Waals surface area contributed by atoms with Gasteiger partial charge in [0.15, 0.2) is 0 Å². The van der Waals surface area contributed by atoms with Crippen LogP contribution >= 0.6 is 0 Å². The van der Waals surface area contributed by atoms with Crippen LogP contribution in [-0.4, -0.2) is 39.7 Å². The van der Waals surface area contributed by atoms with Crippen molar-refractivity contribution < 1.29 is 9.59 Å². The maximum absolute atomic E-state index is 13.0. The Labute approximate surface area is 196 Å². The van der Waals surface area contributed by atoms with Crippen LogP contribution in [0, 0.1) is 0 Å². The second kappa shape index (κ2) is 9.25. The molecule has 7 nitrogen and oxygen atoms in total. The molecular weight excluding hydrogens is 414 g/mol. The molecule has 0 aliphatic rings. The molecule has 0 radical (unpaired) electrons. The zero-order valence-corrected chi connectivity index (χ0v) is 20.7. The van der Waals surface area contributed by atoms with Crippen molar-refractivity contribution >= 4 is 34.2 Å². The number of carbonyl (C=O) groups is 2. The van der Waals surface area contributed by atoms with Crippen LogP contribution in [0.1, 0.15) is 54.2 Å². The van der Waals surface area contributed by atoms with Crippen LogP contribution in [0.25, 0.3) is 10.8 Å². The second-order valence-corrected chi connectivity index (χ2v) is 10.3. The fourth-order valence-electron chi connectivity index (χ4n) is 3.56. The van der Waals surface area contributed by atoms with E-state index in [4.69, 9.17) is 5.10 Å². The zero-order chi connectivity index (χ0) is 24.4. The lowest BCUT2D eigenvalue weighted by molar-refractivity contribution is -0.116. The third-order valence-corrected chi connectivity index (χ3v) is 5.42. The minimum atomic E-state index is -0.316. The van der Waals surface area contributed by atoms with Gasteiger partial charge in [-0.15, -0.1) is 0 Å². The van der Waals surface area contributed by atoms with Crippen molar-refractivity contribution in [2.75, 3.05) is 23.7 Å². The van der Waals surface area contributed by atoms with Crippen molar-refractivity contribution in [3.8, 4) is 0 Å². The van der Waals surface area contributed by atoms with Gasteiger partial charge in [0, 0.05) is 23.4 Å². The number of urea groups is 1. The van der Waals surface area contributed by atoms with Crippen molar-refractivity contribution in [3.63, 3.8) is 0 Å². The number of likely N-dealkylation sites (N-methyl/N-ethyl adjacent to an activating group) is 1. The zero-order valence-electron chi connectivity index (χ0n) is 20.7. The highest BCUT2D eigenvalue weighted by molar-refractivity contribution is 6.03. The molecule has 0 spiro atoms. The molecule has 0 saturated carbocycles. The molecule has 2 N–H and O–H groups in total. The van der Waals surface area contributed by atoms with E-state index in [2.05, 4.69) is 31.4 Å². The van der Waals surface area contributed by atoms with Gasteiger partial charge in [0.05, 0.1) is 16.9 Å². The first-order chi connectivity index (χ1) is 15.4. The fraction of sp³-hybridized carbons (Fsp3) is 0.423. The van der Waals surface area contributed by atoms with E-state index in [0.29, 0.717) is 12.4 Å². The molecule has 1 heterocycles. The summed E-state index contributed by atoms with van der Waals surface area (Å²) in [6.07, 6.45) is 0. The number of anilines is 2. The first-order valence-electron chi connectivity index (χ1n) is 11.3. The van der Waals surface area contributed by atoms with Gasteiger partial charge in [0.2, 0.25) is 5.91 Å². The molecular formula is C26H35N5O2. The lowest BCUT2D eigenvalue weighted by Gasteiger charge is -2.24. The van der Waals surface area contributed by atoms with Crippen molar-refractivity contribution in [1.82, 2.24) is 14.7 Å². The third kappa shape index (κ3) is 5.72. The monoisotopic (exact) mass is 449 g/mol. The van der Waals surface area contributed by atoms with E-state index >= 15 is 0 Å². The van der Waals surface area contributed by atoms with Crippen LogP contribution in [-0.2, 0) is 15.7 Å². The average molecular weight is 450 g/mol. The number of rotatable bonds is 5. The Hall–Kier alpha value is -3.35. The van der Waals surface area contributed by atoms with E-state index in [-0.39, 0.29) is 29.4 Å². The van der Waals surface area contributed by atoms with Crippen LogP contribution in [0.2, 0.25) is 0 Å². The summed E-state index contributed by atoms with van der Waals surface area (Å²) in [5.74, 6) is 0.360. The molecule has 0 unspecified atom stereocenters. The number of nitrogens with zero attached hydrogens (tertiary/aromatic N) is 3. The van der Waals surface area contributed by atoms with Gasteiger partial charge in [-0.05, 0) is 39.1 Å². The highest BCUT2D eigenvalue weighted by Gasteiger charge is 2.26. The Kier molecular flexibility index (Phi) is 6.81. The predicted molar refractivity (Wildman–Crippen MR) is 135 cm³/mol. The number of hydrogen-bond donors (Lipinski definition) is 2. The standard InChI is InChI=1S/C26H35N5O2/c1-8-30(24(33)27-20-15-11-13-18-12-9-10-14-19(18)20)17-23(32)28-22-16-21(25(2,3)4)29-31(22)26(5,6)7/h9-16H,8,17H2,1-7H3,(H,27,33)(H,28,32). The van der Waals surface area contributed by atoms with E-state index in [0.717, 1.165) is 22.2 Å². The molecule has 0 fully saturated rings. The van der Waals surface area contributed by atoms with Gasteiger partial charge in [-0.2, -0.15) is 5.10 Å². The van der Waals surface area contributed by atoms with E-state index in [1.807, 2.05) is 80.9 Å². The normalized spacial score (nSPS) is 12.0. The Bertz CT molecular complexity index is 1150. The van der Waals surface area contributed by atoms with Crippen molar-refractivity contribution in [3.05, 3.63) is 54.2 Å². The molecule has 0 saturated heterocycles. The number of aromatic nitrogens is 2. The number of benzene rings is 2. The first kappa shape index (κ1) is 24.3. The average Bonchev–Trinajstić information content (AvgIpc) is 3.17. The van der Waals surface area contributed by atoms with Crippen LogP contribution in [0.15, 0.2) is 48.5 Å². The molecule has 7 heteroatoms. The van der Waals surface area contributed by atoms with Crippen molar-refractivity contribution in [2.24, 2.45) is 0 Å². The van der Waals surface area contributed by atoms with E-state index in [1.165, 1.54) is 4.90 Å². The maximum atomic E-state index is 13.0. The highest BCUT2D eigenvalue weighted by Crippen LogP contribution is 2.28. The predicted octanol–water partition coefficient (Wildman–Crippen LogP) is 5.58. The maximum Gasteiger partial charge on any atom is 0.322 e. The summed E-state index contributed by atoms with van der Waals surface area (Å²) in [5, 5.41) is 12.6. The Morgan fingerprint density at radius 1 is 0.970 bits per heavy atom. The van der Waals surface area contributed by atoms with E-state index in [1.54, 1.807) is 0 Å². The Morgan fingerprint density at radius 2 is 1.64 bits per heavy atom. The van der Waals surface area contributed by atoms with Gasteiger partial charge < -0.3 is 15.5 Å². The Morgan fingerprint density at radius 3 is 2.27 bits per heavy atom. The van der Waals surface area contributed by atoms with Gasteiger partial charge in [-0.25, -0.2) is 9.48 Å². The quantitative estimate of drug-likeness (QED) is 0.533. The lowest BCUT2D eigenvalue weighted by Crippen LogP contribution is -2.41. The molecule has 3 rings (SSSR count). The molecule has 3 amide bonds. The summed E-state index contributed by atoms with van der Waals surface area (Å²) in [6, 6.07) is 15.2. The van der Waals surface area contributed by atoms with Crippen LogP contribution in [0.5, 0.6) is 0 Å². The van der Waals surface area contributed by atoms with Crippen molar-refractivity contribution in [2.45, 2.75) is 59.4 Å². The Balaban J connectivity index is 1.75. The summed E-state index contributed by atoms with van der Waals surface area (Å²) in [7, 11) is 0. The largest absolute Gasteiger partial charge is 0.322 e. The van der Waals surface area contributed by atoms with Crippen LogP contribution < -0.4 is 10.6 Å². The number of amides is 3. The van der Waals surface area contributed by atoms with Gasteiger partial charge >= 0.3 is 6.03 Å². The molecule has 2 aromatic carbocycles. The SMILES string of the molecule is CCN(CC(=O)Nc1cc(C(C)(C)C)nn1C(C)(C)C)C(=O)Nc1cccc2ccccc12. The molecule has 33 heavy (non-hydrogen) atoms. The summed E-state index contributed by atoms with van der Waals surface area (Å²) >= 11 is 0. The first-order valence-corrected chi connectivity index (χ1v) is 11.3. The van der Waals surface area contributed by atoms with Gasteiger partial charge in [0.1, 0.15) is 12.4 Å². The topological polar surface area (TPSA) is 79.3 Å². The molecule has 0 aliphatic heterocycles. The van der Waals surface area contributed by atoms with Gasteiger partial charge in [-0.3, -0.25) is 4.79 Å². The third-order valence-electron chi connectivity index (χ3n) is 5.42. The lowest BCUT2D eigenvalue weighted by atomic mass is 9.92. The molecule has 0 atom stereocenters. The minimum Gasteiger partial charge on any atom is -0.315 e. The van der Waals surface area contributed by atoms with Crippen molar-refractivity contribution in [1.29, 1.82) is 0 Å². The summed E-state index contributed by atoms with van der Waals surface area (Å²) in [6.45, 7) is 14.6. The number of nitrogens with one attached hydrogen (secondary N) is 2. The second-order valence-electron chi connectivity index (χ2n) is 10.3. The smallest absolute Gasteiger partial charge is 0.315 e. The van der Waals surface area contributed by atoms with Gasteiger partial charge in [0.25, 0.3) is 0 Å². The summed E-state index contributed by atoms with van der Waals surface area (Å²) in [4.78, 5) is 27.4. The summed E-state index contributed by atoms with van der Waals surface area (Å²) in [5.41, 5.74) is 1.16.